The highest BCUT2D eigenvalue weighted by molar-refractivity contribution is 6.06. The van der Waals surface area contributed by atoms with Gasteiger partial charge in [-0.05, 0) is 45.4 Å². The van der Waals surface area contributed by atoms with Gasteiger partial charge in [0.2, 0.25) is 11.8 Å². The summed E-state index contributed by atoms with van der Waals surface area (Å²) < 4.78 is 1.78. The van der Waals surface area contributed by atoms with Crippen LogP contribution in [0.3, 0.4) is 0 Å². The number of rotatable bonds is 2. The van der Waals surface area contributed by atoms with Gasteiger partial charge < -0.3 is 0 Å². The summed E-state index contributed by atoms with van der Waals surface area (Å²) in [4.78, 5) is 27.4. The van der Waals surface area contributed by atoms with Crippen LogP contribution in [0.15, 0.2) is 17.3 Å². The summed E-state index contributed by atoms with van der Waals surface area (Å²) in [6.45, 7) is 6.58. The van der Waals surface area contributed by atoms with Gasteiger partial charge in [-0.3, -0.25) is 19.2 Å². The molecule has 3 aliphatic rings. The number of hydrogen-bond donors (Lipinski definition) is 0. The fraction of sp³-hybridized carbons (Fsp3) is 0.611. The van der Waals surface area contributed by atoms with Crippen molar-refractivity contribution in [1.29, 1.82) is 0 Å². The molecule has 23 heavy (non-hydrogen) atoms. The molecular weight excluding hydrogens is 290 g/mol. The Morgan fingerprint density at radius 1 is 1.17 bits per heavy atom. The maximum absolute atomic E-state index is 12.9. The molecule has 4 atom stereocenters. The Morgan fingerprint density at radius 2 is 1.74 bits per heavy atom. The highest BCUT2D eigenvalue weighted by Gasteiger charge is 2.63. The second-order valence-electron chi connectivity index (χ2n) is 7.44. The quantitative estimate of drug-likeness (QED) is 0.621. The van der Waals surface area contributed by atoms with Crippen LogP contribution in [0.25, 0.3) is 0 Å². The molecule has 2 aliphatic carbocycles. The van der Waals surface area contributed by atoms with Gasteiger partial charge in [0.25, 0.3) is 0 Å². The molecule has 0 aromatic carbocycles. The minimum atomic E-state index is -0.108. The van der Waals surface area contributed by atoms with Crippen molar-refractivity contribution in [2.75, 3.05) is 0 Å². The first-order valence-corrected chi connectivity index (χ1v) is 8.41. The third-order valence-electron chi connectivity index (χ3n) is 6.19. The van der Waals surface area contributed by atoms with E-state index in [-0.39, 0.29) is 23.7 Å². The van der Waals surface area contributed by atoms with E-state index >= 15 is 0 Å². The van der Waals surface area contributed by atoms with Crippen LogP contribution in [-0.4, -0.2) is 26.5 Å². The molecule has 2 heterocycles. The molecule has 1 unspecified atom stereocenters. The van der Waals surface area contributed by atoms with Crippen molar-refractivity contribution in [3.05, 3.63) is 28.6 Å². The lowest BCUT2D eigenvalue weighted by atomic mass is 9.81. The molecule has 1 aromatic heterocycles. The predicted molar refractivity (Wildman–Crippen MR) is 85.1 cm³/mol. The van der Waals surface area contributed by atoms with Crippen molar-refractivity contribution in [3.63, 3.8) is 0 Å². The van der Waals surface area contributed by atoms with Crippen molar-refractivity contribution in [3.8, 4) is 0 Å². The van der Waals surface area contributed by atoms with Crippen LogP contribution in [0.5, 0.6) is 0 Å². The first-order chi connectivity index (χ1) is 10.9. The second kappa shape index (κ2) is 4.79. The van der Waals surface area contributed by atoms with E-state index in [1.165, 1.54) is 16.0 Å². The van der Waals surface area contributed by atoms with Crippen LogP contribution in [-0.2, 0) is 23.2 Å². The molecule has 2 saturated carbocycles. The molecule has 4 rings (SSSR count). The van der Waals surface area contributed by atoms with Gasteiger partial charge >= 0.3 is 0 Å². The minimum Gasteiger partial charge on any atom is -0.277 e. The van der Waals surface area contributed by atoms with Crippen LogP contribution in [0.4, 0.5) is 0 Å². The van der Waals surface area contributed by atoms with Gasteiger partial charge in [-0.25, -0.2) is 0 Å². The summed E-state index contributed by atoms with van der Waals surface area (Å²) in [6.07, 6.45) is 3.89. The lowest BCUT2D eigenvalue weighted by Crippen LogP contribution is -2.32. The molecule has 1 aliphatic heterocycles. The summed E-state index contributed by atoms with van der Waals surface area (Å²) in [5, 5.41) is 4.22. The van der Waals surface area contributed by atoms with Gasteiger partial charge in [0, 0.05) is 18.3 Å². The number of imide groups is 1. The van der Waals surface area contributed by atoms with Crippen molar-refractivity contribution in [2.24, 2.45) is 30.7 Å². The summed E-state index contributed by atoms with van der Waals surface area (Å²) in [5.41, 5.74) is 4.68. The number of aromatic nitrogens is 2. The van der Waals surface area contributed by atoms with E-state index in [2.05, 4.69) is 18.9 Å². The van der Waals surface area contributed by atoms with Crippen molar-refractivity contribution < 1.29 is 9.59 Å². The predicted octanol–water partition coefficient (Wildman–Crippen LogP) is 2.21. The van der Waals surface area contributed by atoms with Gasteiger partial charge in [0.1, 0.15) is 0 Å². The highest BCUT2D eigenvalue weighted by Crippen LogP contribution is 2.60. The Hall–Kier alpha value is -1.91. The number of carbonyl (C=O) groups excluding carboxylic acids is 2. The Kier molecular flexibility index (Phi) is 3.06. The fourth-order valence-corrected chi connectivity index (χ4v) is 5.08. The van der Waals surface area contributed by atoms with Gasteiger partial charge in [-0.2, -0.15) is 5.10 Å². The monoisotopic (exact) mass is 313 g/mol. The highest BCUT2D eigenvalue weighted by atomic mass is 16.2. The Morgan fingerprint density at radius 3 is 2.17 bits per heavy atom. The largest absolute Gasteiger partial charge is 0.277 e. The molecule has 0 spiro atoms. The molecule has 5 nitrogen and oxygen atoms in total. The van der Waals surface area contributed by atoms with E-state index in [0.717, 1.165) is 24.1 Å². The third-order valence-corrected chi connectivity index (χ3v) is 6.19. The number of allylic oxidation sites excluding steroid dienone is 2. The fourth-order valence-electron chi connectivity index (χ4n) is 5.08. The maximum atomic E-state index is 12.9. The Labute approximate surface area is 136 Å². The smallest absolute Gasteiger partial charge is 0.234 e. The molecule has 5 heteroatoms. The van der Waals surface area contributed by atoms with Gasteiger partial charge in [0.05, 0.1) is 24.6 Å². The van der Waals surface area contributed by atoms with E-state index in [9.17, 15) is 9.59 Å². The topological polar surface area (TPSA) is 55.2 Å². The molecule has 1 aromatic rings. The van der Waals surface area contributed by atoms with Crippen molar-refractivity contribution in [2.45, 2.75) is 40.2 Å². The van der Waals surface area contributed by atoms with Gasteiger partial charge in [0.15, 0.2) is 0 Å². The van der Waals surface area contributed by atoms with Crippen LogP contribution >= 0.6 is 0 Å². The molecule has 122 valence electrons. The number of nitrogens with zero attached hydrogens (tertiary/aromatic N) is 3. The lowest BCUT2D eigenvalue weighted by Gasteiger charge is -2.19. The zero-order valence-corrected chi connectivity index (χ0v) is 14.2. The minimum absolute atomic E-state index is 0.0363. The normalized spacial score (nSPS) is 32.2. The van der Waals surface area contributed by atoms with Crippen molar-refractivity contribution in [1.82, 2.24) is 14.7 Å². The number of amides is 2. The summed E-state index contributed by atoms with van der Waals surface area (Å²) in [6, 6.07) is 0. The SMILES string of the molecule is CC(C)=C1[C@H]2CC[C@@H]1C1C(=O)N(Cc3cnn(C)c3C)C(=O)[C@@H]12. The van der Waals surface area contributed by atoms with E-state index in [0.29, 0.717) is 18.4 Å². The van der Waals surface area contributed by atoms with Crippen LogP contribution in [0, 0.1) is 30.6 Å². The molecule has 0 N–H and O–H groups in total. The van der Waals surface area contributed by atoms with Crippen molar-refractivity contribution >= 4 is 11.8 Å². The Balaban J connectivity index is 1.66. The number of hydrogen-bond acceptors (Lipinski definition) is 3. The van der Waals surface area contributed by atoms with Gasteiger partial charge in [-0.1, -0.05) is 11.1 Å². The first-order valence-electron chi connectivity index (χ1n) is 8.41. The van der Waals surface area contributed by atoms with E-state index in [1.54, 1.807) is 10.9 Å². The van der Waals surface area contributed by atoms with Crippen LogP contribution in [0.1, 0.15) is 37.9 Å². The zero-order chi connectivity index (χ0) is 16.5. The second-order valence-corrected chi connectivity index (χ2v) is 7.44. The number of fused-ring (bicyclic) bond motifs is 5. The molecule has 2 bridgehead atoms. The van der Waals surface area contributed by atoms with Gasteiger partial charge in [-0.15, -0.1) is 0 Å². The summed E-state index contributed by atoms with van der Waals surface area (Å²) in [7, 11) is 1.88. The molecule has 2 amide bonds. The van der Waals surface area contributed by atoms with Crippen LogP contribution < -0.4 is 0 Å². The number of likely N-dealkylation sites (tertiary alicyclic amines) is 1. The average Bonchev–Trinajstić information content (AvgIpc) is 3.21. The third kappa shape index (κ3) is 1.82. The molecule has 3 fully saturated rings. The average molecular weight is 313 g/mol. The van der Waals surface area contributed by atoms with E-state index in [1.807, 2.05) is 14.0 Å². The summed E-state index contributed by atoms with van der Waals surface area (Å²) in [5.74, 6) is 0.451. The lowest BCUT2D eigenvalue weighted by molar-refractivity contribution is -0.141. The van der Waals surface area contributed by atoms with E-state index < -0.39 is 0 Å². The standard InChI is InChI=1S/C18H23N3O2/c1-9(2)14-12-5-6-13(14)16-15(12)17(22)21(18(16)23)8-11-7-19-20(4)10(11)3/h7,12-13,15-16H,5-6,8H2,1-4H3/t12-,13+,15-,16?/m1/s1. The number of aryl methyl sites for hydroxylation is 1. The first kappa shape index (κ1) is 14.7. The molecule has 0 radical (unpaired) electrons. The molecular formula is C18H23N3O2. The van der Waals surface area contributed by atoms with E-state index in [4.69, 9.17) is 0 Å². The zero-order valence-electron chi connectivity index (χ0n) is 14.2. The van der Waals surface area contributed by atoms with Crippen LogP contribution in [0.2, 0.25) is 0 Å². The number of carbonyl (C=O) groups is 2. The maximum Gasteiger partial charge on any atom is 0.234 e. The molecule has 1 saturated heterocycles. The Bertz CT molecular complexity index is 709. The summed E-state index contributed by atoms with van der Waals surface area (Å²) >= 11 is 0.